The Labute approximate surface area is 149 Å². The first kappa shape index (κ1) is 18.0. The summed E-state index contributed by atoms with van der Waals surface area (Å²) in [6, 6.07) is 10.9. The molecule has 0 amide bonds. The van der Waals surface area contributed by atoms with Crippen LogP contribution in [0.15, 0.2) is 42.6 Å². The number of nitrogens with zero attached hydrogens (tertiary/aromatic N) is 1. The normalized spacial score (nSPS) is 17.3. The molecular weight excluding hydrogens is 353 g/mol. The van der Waals surface area contributed by atoms with Crippen molar-refractivity contribution in [3.63, 3.8) is 0 Å². The summed E-state index contributed by atoms with van der Waals surface area (Å²) in [5.74, 6) is 0.261. The first-order valence-corrected chi connectivity index (χ1v) is 8.38. The topological polar surface area (TPSA) is 34.2 Å². The van der Waals surface area contributed by atoms with E-state index in [0.29, 0.717) is 19.8 Å². The molecular formula is C18H18ClF3N2O. The number of halogens is 4. The Morgan fingerprint density at radius 3 is 2.44 bits per heavy atom. The molecule has 1 N–H and O–H groups in total. The molecule has 0 radical (unpaired) electrons. The van der Waals surface area contributed by atoms with E-state index in [0.717, 1.165) is 25.1 Å². The molecule has 25 heavy (non-hydrogen) atoms. The summed E-state index contributed by atoms with van der Waals surface area (Å²) in [6.45, 7) is 1.81. The van der Waals surface area contributed by atoms with Crippen molar-refractivity contribution < 1.29 is 17.9 Å². The molecule has 1 fully saturated rings. The Bertz CT molecular complexity index is 716. The van der Waals surface area contributed by atoms with Crippen LogP contribution in [0.5, 0.6) is 0 Å². The molecule has 3 rings (SSSR count). The van der Waals surface area contributed by atoms with Crippen LogP contribution in [0.2, 0.25) is 5.02 Å². The first-order chi connectivity index (χ1) is 11.9. The number of aromatic nitrogens is 1. The van der Waals surface area contributed by atoms with Crippen molar-refractivity contribution in [2.45, 2.75) is 24.4 Å². The van der Waals surface area contributed by atoms with Crippen molar-refractivity contribution in [1.82, 2.24) is 4.98 Å². The minimum atomic E-state index is -4.46. The molecule has 1 aliphatic rings. The number of pyridine rings is 1. The van der Waals surface area contributed by atoms with Crippen LogP contribution in [-0.2, 0) is 16.3 Å². The summed E-state index contributed by atoms with van der Waals surface area (Å²) in [4.78, 5) is 3.86. The lowest BCUT2D eigenvalue weighted by Gasteiger charge is -2.38. The molecule has 3 nitrogen and oxygen atoms in total. The highest BCUT2D eigenvalue weighted by Gasteiger charge is 2.35. The molecule has 0 bridgehead atoms. The molecule has 1 saturated heterocycles. The summed E-state index contributed by atoms with van der Waals surface area (Å²) in [5, 5.41) is 3.10. The van der Waals surface area contributed by atoms with Gasteiger partial charge in [0.25, 0.3) is 0 Å². The van der Waals surface area contributed by atoms with Gasteiger partial charge in [0.05, 0.1) is 10.6 Å². The molecule has 1 aromatic carbocycles. The molecule has 0 aliphatic carbocycles. The van der Waals surface area contributed by atoms with Gasteiger partial charge in [0.15, 0.2) is 0 Å². The quantitative estimate of drug-likeness (QED) is 0.830. The van der Waals surface area contributed by atoms with Crippen molar-refractivity contribution in [1.29, 1.82) is 0 Å². The Morgan fingerprint density at radius 2 is 1.84 bits per heavy atom. The van der Waals surface area contributed by atoms with Gasteiger partial charge in [-0.05, 0) is 24.5 Å². The third kappa shape index (κ3) is 4.07. The van der Waals surface area contributed by atoms with Crippen LogP contribution in [0, 0.1) is 0 Å². The Hall–Kier alpha value is -1.79. The van der Waals surface area contributed by atoms with Gasteiger partial charge in [0.1, 0.15) is 5.82 Å². The van der Waals surface area contributed by atoms with Gasteiger partial charge in [0, 0.05) is 31.4 Å². The average molecular weight is 371 g/mol. The van der Waals surface area contributed by atoms with E-state index in [1.807, 2.05) is 18.2 Å². The standard InChI is InChI=1S/C18H18ClF3N2O/c19-15-10-14(18(20,21)22)11-23-16(15)24-12-17(6-8-25-9-7-17)13-4-2-1-3-5-13/h1-5,10-11H,6-9,12H2,(H,23,24). The second kappa shape index (κ2) is 7.22. The van der Waals surface area contributed by atoms with Crippen LogP contribution in [-0.4, -0.2) is 24.7 Å². The minimum absolute atomic E-state index is 0.0369. The number of nitrogens with one attached hydrogen (secondary N) is 1. The molecule has 0 unspecified atom stereocenters. The van der Waals surface area contributed by atoms with E-state index in [9.17, 15) is 13.2 Å². The van der Waals surface area contributed by atoms with Crippen LogP contribution in [0.4, 0.5) is 19.0 Å². The molecule has 0 atom stereocenters. The molecule has 2 aromatic rings. The Balaban J connectivity index is 1.80. The van der Waals surface area contributed by atoms with Crippen LogP contribution < -0.4 is 5.32 Å². The summed E-state index contributed by atoms with van der Waals surface area (Å²) < 4.78 is 43.7. The largest absolute Gasteiger partial charge is 0.417 e. The van der Waals surface area contributed by atoms with Gasteiger partial charge in [-0.15, -0.1) is 0 Å². The Kier molecular flexibility index (Phi) is 5.20. The fourth-order valence-electron chi connectivity index (χ4n) is 3.10. The third-order valence-electron chi connectivity index (χ3n) is 4.60. The zero-order chi connectivity index (χ0) is 17.9. The van der Waals surface area contributed by atoms with Crippen molar-refractivity contribution in [3.8, 4) is 0 Å². The van der Waals surface area contributed by atoms with E-state index < -0.39 is 11.7 Å². The number of rotatable bonds is 4. The molecule has 134 valence electrons. The average Bonchev–Trinajstić information content (AvgIpc) is 2.61. The third-order valence-corrected chi connectivity index (χ3v) is 4.89. The summed E-state index contributed by atoms with van der Waals surface area (Å²) >= 11 is 5.99. The zero-order valence-electron chi connectivity index (χ0n) is 13.4. The lowest BCUT2D eigenvalue weighted by molar-refractivity contribution is -0.137. The molecule has 7 heteroatoms. The van der Waals surface area contributed by atoms with Gasteiger partial charge in [-0.3, -0.25) is 0 Å². The monoisotopic (exact) mass is 370 g/mol. The second-order valence-electron chi connectivity index (χ2n) is 6.16. The Morgan fingerprint density at radius 1 is 1.16 bits per heavy atom. The van der Waals surface area contributed by atoms with E-state index >= 15 is 0 Å². The maximum atomic E-state index is 12.7. The molecule has 0 spiro atoms. The van der Waals surface area contributed by atoms with Crippen molar-refractivity contribution >= 4 is 17.4 Å². The first-order valence-electron chi connectivity index (χ1n) is 8.01. The van der Waals surface area contributed by atoms with Gasteiger partial charge in [-0.25, -0.2) is 4.98 Å². The van der Waals surface area contributed by atoms with Gasteiger partial charge in [-0.2, -0.15) is 13.2 Å². The van der Waals surface area contributed by atoms with E-state index in [1.54, 1.807) is 0 Å². The maximum absolute atomic E-state index is 12.7. The predicted octanol–water partition coefficient (Wildman–Crippen LogP) is 4.91. The van der Waals surface area contributed by atoms with Crippen molar-refractivity contribution in [3.05, 3.63) is 58.7 Å². The number of alkyl halides is 3. The zero-order valence-corrected chi connectivity index (χ0v) is 14.2. The number of hydrogen-bond donors (Lipinski definition) is 1. The van der Waals surface area contributed by atoms with Crippen LogP contribution >= 0.6 is 11.6 Å². The van der Waals surface area contributed by atoms with E-state index in [-0.39, 0.29) is 16.3 Å². The van der Waals surface area contributed by atoms with Crippen LogP contribution in [0.1, 0.15) is 24.0 Å². The lowest BCUT2D eigenvalue weighted by Crippen LogP contribution is -2.40. The van der Waals surface area contributed by atoms with Crippen molar-refractivity contribution in [2.24, 2.45) is 0 Å². The molecule has 2 heterocycles. The number of hydrogen-bond acceptors (Lipinski definition) is 3. The highest BCUT2D eigenvalue weighted by Crippen LogP contribution is 2.36. The van der Waals surface area contributed by atoms with E-state index in [1.165, 1.54) is 5.56 Å². The van der Waals surface area contributed by atoms with Gasteiger partial charge in [-0.1, -0.05) is 41.9 Å². The van der Waals surface area contributed by atoms with Crippen LogP contribution in [0.25, 0.3) is 0 Å². The van der Waals surface area contributed by atoms with Gasteiger partial charge >= 0.3 is 6.18 Å². The lowest BCUT2D eigenvalue weighted by atomic mass is 9.74. The highest BCUT2D eigenvalue weighted by atomic mass is 35.5. The number of benzene rings is 1. The second-order valence-corrected chi connectivity index (χ2v) is 6.57. The maximum Gasteiger partial charge on any atom is 0.417 e. The fourth-order valence-corrected chi connectivity index (χ4v) is 3.33. The SMILES string of the molecule is FC(F)(F)c1cnc(NCC2(c3ccccc3)CCOCC2)c(Cl)c1. The summed E-state index contributed by atoms with van der Waals surface area (Å²) in [6.07, 6.45) is -2.01. The van der Waals surface area contributed by atoms with Gasteiger partial charge in [0.2, 0.25) is 0 Å². The van der Waals surface area contributed by atoms with Crippen molar-refractivity contribution in [2.75, 3.05) is 25.1 Å². The van der Waals surface area contributed by atoms with Crippen LogP contribution in [0.3, 0.4) is 0 Å². The highest BCUT2D eigenvalue weighted by molar-refractivity contribution is 6.32. The summed E-state index contributed by atoms with van der Waals surface area (Å²) in [7, 11) is 0. The molecule has 1 aromatic heterocycles. The molecule has 1 aliphatic heterocycles. The number of anilines is 1. The summed E-state index contributed by atoms with van der Waals surface area (Å²) in [5.41, 5.74) is 0.161. The fraction of sp³-hybridized carbons (Fsp3) is 0.389. The minimum Gasteiger partial charge on any atom is -0.381 e. The smallest absolute Gasteiger partial charge is 0.381 e. The van der Waals surface area contributed by atoms with E-state index in [4.69, 9.17) is 16.3 Å². The molecule has 0 saturated carbocycles. The number of ether oxygens (including phenoxy) is 1. The van der Waals surface area contributed by atoms with E-state index in [2.05, 4.69) is 22.4 Å². The predicted molar refractivity (Wildman–Crippen MR) is 90.9 cm³/mol. The van der Waals surface area contributed by atoms with Gasteiger partial charge < -0.3 is 10.1 Å².